The number of hydrogen-bond donors (Lipinski definition) is 2. The van der Waals surface area contributed by atoms with Gasteiger partial charge in [0.1, 0.15) is 18.3 Å². The third kappa shape index (κ3) is 2.30. The molecule has 0 amide bonds. The van der Waals surface area contributed by atoms with E-state index in [1.807, 2.05) is 0 Å². The normalized spacial score (nSPS) is 38.1. The van der Waals surface area contributed by atoms with Gasteiger partial charge in [0.2, 0.25) is 0 Å². The van der Waals surface area contributed by atoms with Crippen LogP contribution in [0.1, 0.15) is 13.3 Å². The van der Waals surface area contributed by atoms with E-state index in [1.54, 1.807) is 0 Å². The van der Waals surface area contributed by atoms with Crippen molar-refractivity contribution in [3.8, 4) is 0 Å². The van der Waals surface area contributed by atoms with E-state index < -0.39 is 36.4 Å². The molecule has 1 saturated heterocycles. The summed E-state index contributed by atoms with van der Waals surface area (Å²) in [7, 11) is 0. The minimum atomic E-state index is -4.80. The fourth-order valence-corrected chi connectivity index (χ4v) is 1.42. The first-order chi connectivity index (χ1) is 6.79. The summed E-state index contributed by atoms with van der Waals surface area (Å²) in [6.45, 7) is 1.46. The molecule has 0 saturated carbocycles. The van der Waals surface area contributed by atoms with Crippen LogP contribution in [0.25, 0.3) is 0 Å². The molecule has 15 heavy (non-hydrogen) atoms. The predicted molar refractivity (Wildman–Crippen MR) is 42.0 cm³/mol. The highest BCUT2D eigenvalue weighted by molar-refractivity contribution is 5.88. The number of ketones is 1. The van der Waals surface area contributed by atoms with Gasteiger partial charge in [-0.2, -0.15) is 13.2 Å². The zero-order valence-corrected chi connectivity index (χ0v) is 7.86. The molecule has 0 aromatic heterocycles. The lowest BCUT2D eigenvalue weighted by molar-refractivity contribution is -0.278. The average molecular weight is 228 g/mol. The van der Waals surface area contributed by atoms with Crippen molar-refractivity contribution < 1.29 is 32.9 Å². The zero-order valence-electron chi connectivity index (χ0n) is 7.86. The maximum Gasteiger partial charge on any atom is 0.417 e. The van der Waals surface area contributed by atoms with Gasteiger partial charge in [0.05, 0.1) is 0 Å². The van der Waals surface area contributed by atoms with Gasteiger partial charge < -0.3 is 14.9 Å². The highest BCUT2D eigenvalue weighted by Crippen LogP contribution is 2.32. The number of carbonyl (C=O) groups excluding carboxylic acids is 1. The van der Waals surface area contributed by atoms with Crippen LogP contribution in [0.5, 0.6) is 0 Å². The molecule has 0 aromatic carbocycles. The van der Waals surface area contributed by atoms with Crippen molar-refractivity contribution in [3.63, 3.8) is 0 Å². The third-order valence-corrected chi connectivity index (χ3v) is 2.25. The smallest absolute Gasteiger partial charge is 0.387 e. The summed E-state index contributed by atoms with van der Waals surface area (Å²) in [6, 6.07) is 0. The van der Waals surface area contributed by atoms with Crippen molar-refractivity contribution in [1.82, 2.24) is 0 Å². The Hall–Kier alpha value is -0.660. The summed E-state index contributed by atoms with van der Waals surface area (Å²) in [5.74, 6) is -0.912. The van der Waals surface area contributed by atoms with E-state index in [4.69, 9.17) is 10.2 Å². The Bertz CT molecular complexity index is 249. The van der Waals surface area contributed by atoms with Crippen LogP contribution in [0, 0.1) is 0 Å². The lowest BCUT2D eigenvalue weighted by Gasteiger charge is -2.36. The minimum Gasteiger partial charge on any atom is -0.387 e. The Morgan fingerprint density at radius 1 is 1.40 bits per heavy atom. The molecule has 4 atom stereocenters. The van der Waals surface area contributed by atoms with Crippen LogP contribution >= 0.6 is 0 Å². The molecular formula is C8H11F3O4. The van der Waals surface area contributed by atoms with Gasteiger partial charge in [-0.05, 0) is 6.42 Å². The van der Waals surface area contributed by atoms with Gasteiger partial charge in [-0.3, -0.25) is 4.79 Å². The second-order valence-electron chi connectivity index (χ2n) is 3.33. The van der Waals surface area contributed by atoms with Gasteiger partial charge in [0.15, 0.2) is 11.9 Å². The summed E-state index contributed by atoms with van der Waals surface area (Å²) in [5, 5.41) is 18.1. The Labute approximate surface area is 83.6 Å². The molecule has 4 unspecified atom stereocenters. The van der Waals surface area contributed by atoms with Gasteiger partial charge in [0, 0.05) is 0 Å². The standard InChI is InChI=1S/C8H11F3O4/c1-2-3-4(12)5(13)6(14)7(15-3)8(9,10)11/h3,5-7,13-14H,2H2,1H3. The summed E-state index contributed by atoms with van der Waals surface area (Å²) in [4.78, 5) is 11.1. The lowest BCUT2D eigenvalue weighted by Crippen LogP contribution is -2.59. The maximum atomic E-state index is 12.3. The molecule has 1 fully saturated rings. The third-order valence-electron chi connectivity index (χ3n) is 2.25. The second-order valence-corrected chi connectivity index (χ2v) is 3.33. The Balaban J connectivity index is 2.88. The van der Waals surface area contributed by atoms with Crippen LogP contribution in [-0.2, 0) is 9.53 Å². The molecule has 7 heteroatoms. The average Bonchev–Trinajstić information content (AvgIpc) is 2.13. The first kappa shape index (κ1) is 12.4. The van der Waals surface area contributed by atoms with E-state index in [-0.39, 0.29) is 6.42 Å². The van der Waals surface area contributed by atoms with E-state index in [1.165, 1.54) is 6.92 Å². The van der Waals surface area contributed by atoms with Crippen molar-refractivity contribution in [2.45, 2.75) is 43.9 Å². The topological polar surface area (TPSA) is 66.8 Å². The van der Waals surface area contributed by atoms with E-state index >= 15 is 0 Å². The number of alkyl halides is 3. The van der Waals surface area contributed by atoms with Crippen molar-refractivity contribution in [3.05, 3.63) is 0 Å². The fraction of sp³-hybridized carbons (Fsp3) is 0.875. The lowest BCUT2D eigenvalue weighted by atomic mass is 9.95. The largest absolute Gasteiger partial charge is 0.417 e. The van der Waals surface area contributed by atoms with Crippen LogP contribution in [0.2, 0.25) is 0 Å². The molecule has 1 heterocycles. The van der Waals surface area contributed by atoms with Crippen LogP contribution in [-0.4, -0.2) is 46.6 Å². The quantitative estimate of drug-likeness (QED) is 0.663. The zero-order chi connectivity index (χ0) is 11.8. The fourth-order valence-electron chi connectivity index (χ4n) is 1.42. The molecule has 2 N–H and O–H groups in total. The van der Waals surface area contributed by atoms with Gasteiger partial charge in [-0.1, -0.05) is 6.92 Å². The number of rotatable bonds is 1. The first-order valence-electron chi connectivity index (χ1n) is 4.41. The summed E-state index contributed by atoms with van der Waals surface area (Å²) < 4.78 is 41.3. The van der Waals surface area contributed by atoms with Crippen LogP contribution in [0.15, 0.2) is 0 Å². The second kappa shape index (κ2) is 4.07. The maximum absolute atomic E-state index is 12.3. The number of ether oxygens (including phenoxy) is 1. The first-order valence-corrected chi connectivity index (χ1v) is 4.41. The molecule has 0 radical (unpaired) electrons. The van der Waals surface area contributed by atoms with Crippen molar-refractivity contribution in [1.29, 1.82) is 0 Å². The summed E-state index contributed by atoms with van der Waals surface area (Å²) in [6.07, 6.45) is -12.9. The SMILES string of the molecule is CCC1OC(C(F)(F)F)C(O)C(O)C1=O. The van der Waals surface area contributed by atoms with Gasteiger partial charge in [0.25, 0.3) is 0 Å². The van der Waals surface area contributed by atoms with Gasteiger partial charge in [-0.25, -0.2) is 0 Å². The van der Waals surface area contributed by atoms with Crippen LogP contribution in [0.4, 0.5) is 13.2 Å². The van der Waals surface area contributed by atoms with E-state index in [9.17, 15) is 18.0 Å². The molecule has 4 nitrogen and oxygen atoms in total. The Kier molecular flexibility index (Phi) is 3.37. The molecule has 0 aromatic rings. The number of carbonyl (C=O) groups is 1. The molecule has 88 valence electrons. The Morgan fingerprint density at radius 2 is 1.93 bits per heavy atom. The van der Waals surface area contributed by atoms with Crippen LogP contribution in [0.3, 0.4) is 0 Å². The number of Topliss-reactive ketones (excluding diaryl/α,β-unsaturated/α-hetero) is 1. The monoisotopic (exact) mass is 228 g/mol. The van der Waals surface area contributed by atoms with Crippen molar-refractivity contribution in [2.75, 3.05) is 0 Å². The van der Waals surface area contributed by atoms with Crippen LogP contribution < -0.4 is 0 Å². The van der Waals surface area contributed by atoms with E-state index in [0.717, 1.165) is 0 Å². The number of aliphatic hydroxyl groups excluding tert-OH is 2. The molecule has 0 aliphatic carbocycles. The molecule has 0 spiro atoms. The number of hydrogen-bond acceptors (Lipinski definition) is 4. The summed E-state index contributed by atoms with van der Waals surface area (Å²) >= 11 is 0. The molecule has 1 aliphatic rings. The minimum absolute atomic E-state index is 0.0230. The number of aliphatic hydroxyl groups is 2. The summed E-state index contributed by atoms with van der Waals surface area (Å²) in [5.41, 5.74) is 0. The van der Waals surface area contributed by atoms with E-state index in [0.29, 0.717) is 0 Å². The van der Waals surface area contributed by atoms with Crippen molar-refractivity contribution in [2.24, 2.45) is 0 Å². The highest BCUT2D eigenvalue weighted by atomic mass is 19.4. The number of halogens is 3. The molecule has 1 aliphatic heterocycles. The molecule has 1 rings (SSSR count). The van der Waals surface area contributed by atoms with Crippen molar-refractivity contribution >= 4 is 5.78 Å². The predicted octanol–water partition coefficient (Wildman–Crippen LogP) is 0.0170. The van der Waals surface area contributed by atoms with Gasteiger partial charge in [-0.15, -0.1) is 0 Å². The Morgan fingerprint density at radius 3 is 2.33 bits per heavy atom. The highest BCUT2D eigenvalue weighted by Gasteiger charge is 2.54. The van der Waals surface area contributed by atoms with Gasteiger partial charge >= 0.3 is 6.18 Å². The molecule has 0 bridgehead atoms. The molecular weight excluding hydrogens is 217 g/mol. The van der Waals surface area contributed by atoms with E-state index in [2.05, 4.69) is 4.74 Å².